The molecule has 1 aromatic heterocycles. The van der Waals surface area contributed by atoms with E-state index in [-0.39, 0.29) is 0 Å². The van der Waals surface area contributed by atoms with Gasteiger partial charge in [-0.15, -0.1) is 0 Å². The molecule has 0 aliphatic carbocycles. The van der Waals surface area contributed by atoms with Crippen LogP contribution in [0.5, 0.6) is 0 Å². The van der Waals surface area contributed by atoms with E-state index in [2.05, 4.69) is 9.97 Å². The molecular weight excluding hydrogens is 251 g/mol. The average Bonchev–Trinajstić information content (AvgIpc) is 2.26. The molecule has 15 heavy (non-hydrogen) atoms. The zero-order valence-corrected chi connectivity index (χ0v) is 9.85. The minimum atomic E-state index is 0.539. The summed E-state index contributed by atoms with van der Waals surface area (Å²) in [5, 5.41) is 1.73. The standard InChI is InChI=1S/C10H6Cl2N2S/c11-7-3-1-4-8(9(7)12)15-10-13-5-2-6-14-10/h1-6H. The van der Waals surface area contributed by atoms with Crippen LogP contribution in [-0.2, 0) is 0 Å². The highest BCUT2D eigenvalue weighted by Crippen LogP contribution is 2.35. The molecule has 0 N–H and O–H groups in total. The first kappa shape index (κ1) is 10.7. The smallest absolute Gasteiger partial charge is 0.192 e. The van der Waals surface area contributed by atoms with Gasteiger partial charge >= 0.3 is 0 Å². The largest absolute Gasteiger partial charge is 0.231 e. The van der Waals surface area contributed by atoms with Gasteiger partial charge in [-0.2, -0.15) is 0 Å². The summed E-state index contributed by atoms with van der Waals surface area (Å²) < 4.78 is 0. The summed E-state index contributed by atoms with van der Waals surface area (Å²) in [5.41, 5.74) is 0. The van der Waals surface area contributed by atoms with Gasteiger partial charge in [-0.05, 0) is 30.0 Å². The van der Waals surface area contributed by atoms with Gasteiger partial charge in [0.15, 0.2) is 5.16 Å². The monoisotopic (exact) mass is 256 g/mol. The van der Waals surface area contributed by atoms with E-state index in [9.17, 15) is 0 Å². The number of halogens is 2. The van der Waals surface area contributed by atoms with Crippen molar-refractivity contribution in [2.45, 2.75) is 10.1 Å². The molecule has 1 heterocycles. The summed E-state index contributed by atoms with van der Waals surface area (Å²) in [7, 11) is 0. The van der Waals surface area contributed by atoms with E-state index in [0.717, 1.165) is 4.90 Å². The van der Waals surface area contributed by atoms with Crippen molar-refractivity contribution in [3.63, 3.8) is 0 Å². The molecule has 2 aromatic rings. The van der Waals surface area contributed by atoms with Crippen LogP contribution >= 0.6 is 35.0 Å². The average molecular weight is 257 g/mol. The minimum Gasteiger partial charge on any atom is -0.231 e. The number of hydrogen-bond acceptors (Lipinski definition) is 3. The van der Waals surface area contributed by atoms with E-state index in [1.54, 1.807) is 24.5 Å². The Balaban J connectivity index is 2.29. The number of aromatic nitrogens is 2. The molecule has 0 unspecified atom stereocenters. The van der Waals surface area contributed by atoms with Crippen LogP contribution in [0.15, 0.2) is 46.7 Å². The van der Waals surface area contributed by atoms with Gasteiger partial charge in [0.2, 0.25) is 0 Å². The number of hydrogen-bond donors (Lipinski definition) is 0. The quantitative estimate of drug-likeness (QED) is 0.762. The first-order chi connectivity index (χ1) is 7.27. The van der Waals surface area contributed by atoms with E-state index >= 15 is 0 Å². The molecule has 0 saturated heterocycles. The minimum absolute atomic E-state index is 0.539. The molecule has 2 nitrogen and oxygen atoms in total. The zero-order chi connectivity index (χ0) is 10.7. The van der Waals surface area contributed by atoms with Crippen LogP contribution in [0.25, 0.3) is 0 Å². The normalized spacial score (nSPS) is 10.3. The maximum atomic E-state index is 6.03. The maximum absolute atomic E-state index is 6.03. The lowest BCUT2D eigenvalue weighted by Crippen LogP contribution is -1.83. The van der Waals surface area contributed by atoms with E-state index in [4.69, 9.17) is 23.2 Å². The molecule has 5 heteroatoms. The first-order valence-electron chi connectivity index (χ1n) is 4.16. The lowest BCUT2D eigenvalue weighted by molar-refractivity contribution is 0.967. The molecule has 2 rings (SSSR count). The summed E-state index contributed by atoms with van der Waals surface area (Å²) in [4.78, 5) is 9.05. The third-order valence-electron chi connectivity index (χ3n) is 1.66. The maximum Gasteiger partial charge on any atom is 0.192 e. The third kappa shape index (κ3) is 2.62. The molecule has 1 aromatic carbocycles. The molecular formula is C10H6Cl2N2S. The molecule has 0 atom stereocenters. The van der Waals surface area contributed by atoms with Crippen molar-refractivity contribution in [1.29, 1.82) is 0 Å². The number of rotatable bonds is 2. The van der Waals surface area contributed by atoms with Crippen LogP contribution in [0.2, 0.25) is 10.0 Å². The summed E-state index contributed by atoms with van der Waals surface area (Å²) in [6.45, 7) is 0. The van der Waals surface area contributed by atoms with Crippen molar-refractivity contribution in [3.8, 4) is 0 Å². The second-order valence-corrected chi connectivity index (χ2v) is 4.48. The van der Waals surface area contributed by atoms with Gasteiger partial charge in [0.1, 0.15) is 0 Å². The van der Waals surface area contributed by atoms with Crippen molar-refractivity contribution >= 4 is 35.0 Å². The molecule has 0 bridgehead atoms. The van der Waals surface area contributed by atoms with E-state index < -0.39 is 0 Å². The zero-order valence-electron chi connectivity index (χ0n) is 7.52. The van der Waals surface area contributed by atoms with Crippen molar-refractivity contribution < 1.29 is 0 Å². The highest BCUT2D eigenvalue weighted by Gasteiger charge is 2.06. The SMILES string of the molecule is Clc1cccc(Sc2ncccn2)c1Cl. The van der Waals surface area contributed by atoms with Crippen molar-refractivity contribution in [1.82, 2.24) is 9.97 Å². The first-order valence-corrected chi connectivity index (χ1v) is 5.73. The Bertz CT molecular complexity index is 462. The molecule has 0 amide bonds. The molecule has 0 spiro atoms. The molecule has 0 radical (unpaired) electrons. The lowest BCUT2D eigenvalue weighted by atomic mass is 10.4. The second kappa shape index (κ2) is 4.84. The van der Waals surface area contributed by atoms with E-state index in [1.807, 2.05) is 12.1 Å². The fourth-order valence-corrected chi connectivity index (χ4v) is 2.24. The van der Waals surface area contributed by atoms with Crippen LogP contribution in [0.4, 0.5) is 0 Å². The van der Waals surface area contributed by atoms with Crippen molar-refractivity contribution in [3.05, 3.63) is 46.7 Å². The molecule has 0 aliphatic rings. The van der Waals surface area contributed by atoms with Crippen LogP contribution in [0.1, 0.15) is 0 Å². The Morgan fingerprint density at radius 2 is 1.73 bits per heavy atom. The Kier molecular flexibility index (Phi) is 3.46. The van der Waals surface area contributed by atoms with Gasteiger partial charge in [-0.3, -0.25) is 0 Å². The number of nitrogens with zero attached hydrogens (tertiary/aromatic N) is 2. The van der Waals surface area contributed by atoms with E-state index in [0.29, 0.717) is 15.2 Å². The van der Waals surface area contributed by atoms with Crippen LogP contribution in [0, 0.1) is 0 Å². The predicted molar refractivity (Wildman–Crippen MR) is 62.6 cm³/mol. The van der Waals surface area contributed by atoms with Gasteiger partial charge in [0, 0.05) is 17.3 Å². The fourth-order valence-electron chi connectivity index (χ4n) is 0.999. The Hall–Kier alpha value is -0.770. The molecule has 76 valence electrons. The Labute approximate surface area is 102 Å². The highest BCUT2D eigenvalue weighted by atomic mass is 35.5. The van der Waals surface area contributed by atoms with Gasteiger partial charge in [-0.25, -0.2) is 9.97 Å². The molecule has 0 fully saturated rings. The van der Waals surface area contributed by atoms with Gasteiger partial charge in [0.25, 0.3) is 0 Å². The summed E-state index contributed by atoms with van der Waals surface area (Å²) in [5.74, 6) is 0. The van der Waals surface area contributed by atoms with Crippen LogP contribution < -0.4 is 0 Å². The fraction of sp³-hybridized carbons (Fsp3) is 0. The molecule has 0 aliphatic heterocycles. The third-order valence-corrected chi connectivity index (χ3v) is 3.54. The lowest BCUT2D eigenvalue weighted by Gasteiger charge is -2.03. The van der Waals surface area contributed by atoms with Crippen molar-refractivity contribution in [2.24, 2.45) is 0 Å². The molecule has 0 saturated carbocycles. The Morgan fingerprint density at radius 3 is 2.47 bits per heavy atom. The van der Waals surface area contributed by atoms with E-state index in [1.165, 1.54) is 11.8 Å². The predicted octanol–water partition coefficient (Wildman–Crippen LogP) is 3.93. The topological polar surface area (TPSA) is 25.8 Å². The summed E-state index contributed by atoms with van der Waals surface area (Å²) >= 11 is 13.3. The summed E-state index contributed by atoms with van der Waals surface area (Å²) in [6.07, 6.45) is 3.38. The van der Waals surface area contributed by atoms with Gasteiger partial charge in [-0.1, -0.05) is 29.3 Å². The summed E-state index contributed by atoms with van der Waals surface area (Å²) in [6, 6.07) is 7.25. The highest BCUT2D eigenvalue weighted by molar-refractivity contribution is 7.99. The number of benzene rings is 1. The van der Waals surface area contributed by atoms with Gasteiger partial charge < -0.3 is 0 Å². The Morgan fingerprint density at radius 1 is 1.00 bits per heavy atom. The van der Waals surface area contributed by atoms with Gasteiger partial charge in [0.05, 0.1) is 10.0 Å². The van der Waals surface area contributed by atoms with Crippen molar-refractivity contribution in [2.75, 3.05) is 0 Å². The van der Waals surface area contributed by atoms with Crippen LogP contribution in [0.3, 0.4) is 0 Å². The van der Waals surface area contributed by atoms with Crippen LogP contribution in [-0.4, -0.2) is 9.97 Å². The second-order valence-electron chi connectivity index (χ2n) is 2.69.